The Labute approximate surface area is 157 Å². The number of benzene rings is 2. The van der Waals surface area contributed by atoms with E-state index in [1.165, 1.54) is 11.1 Å². The molecule has 3 aromatic rings. The summed E-state index contributed by atoms with van der Waals surface area (Å²) in [5, 5.41) is 10.2. The van der Waals surface area contributed by atoms with Crippen LogP contribution in [0.3, 0.4) is 0 Å². The molecule has 0 spiro atoms. The summed E-state index contributed by atoms with van der Waals surface area (Å²) in [5.74, 6) is 2.46. The van der Waals surface area contributed by atoms with E-state index < -0.39 is 0 Å². The van der Waals surface area contributed by atoms with Crippen LogP contribution >= 0.6 is 23.4 Å². The first-order chi connectivity index (χ1) is 12.0. The summed E-state index contributed by atoms with van der Waals surface area (Å²) < 4.78 is 7.99. The average molecular weight is 374 g/mol. The fraction of sp³-hybridized carbons (Fsp3) is 0.263. The quantitative estimate of drug-likeness (QED) is 0.556. The van der Waals surface area contributed by atoms with Gasteiger partial charge in [-0.2, -0.15) is 0 Å². The SMILES string of the molecule is Cc1cccc(OC(C)c2nnc(SCc3ccc(Cl)cc3)n2C)c1. The Balaban J connectivity index is 1.66. The Hall–Kier alpha value is -1.98. The van der Waals surface area contributed by atoms with Gasteiger partial charge < -0.3 is 9.30 Å². The number of ether oxygens (including phenoxy) is 1. The molecule has 3 rings (SSSR count). The number of aromatic nitrogens is 3. The highest BCUT2D eigenvalue weighted by Crippen LogP contribution is 2.26. The van der Waals surface area contributed by atoms with Crippen molar-refractivity contribution in [3.8, 4) is 5.75 Å². The summed E-state index contributed by atoms with van der Waals surface area (Å²) in [7, 11) is 1.97. The second-order valence-corrected chi connectivity index (χ2v) is 7.27. The minimum Gasteiger partial charge on any atom is -0.483 e. The molecule has 0 aliphatic rings. The van der Waals surface area contributed by atoms with Gasteiger partial charge in [0.2, 0.25) is 0 Å². The fourth-order valence-corrected chi connectivity index (χ4v) is 3.48. The Morgan fingerprint density at radius 2 is 1.92 bits per heavy atom. The van der Waals surface area contributed by atoms with E-state index in [2.05, 4.69) is 10.2 Å². The van der Waals surface area contributed by atoms with Crippen molar-refractivity contribution in [1.82, 2.24) is 14.8 Å². The van der Waals surface area contributed by atoms with Crippen LogP contribution in [-0.2, 0) is 12.8 Å². The third-order valence-corrected chi connectivity index (χ3v) is 5.16. The molecule has 2 aromatic carbocycles. The molecule has 0 amide bonds. The molecule has 4 nitrogen and oxygen atoms in total. The molecule has 1 unspecified atom stereocenters. The van der Waals surface area contributed by atoms with Gasteiger partial charge in [-0.15, -0.1) is 10.2 Å². The lowest BCUT2D eigenvalue weighted by Crippen LogP contribution is -2.10. The number of rotatable bonds is 6. The number of halogens is 1. The van der Waals surface area contributed by atoms with Gasteiger partial charge in [0, 0.05) is 17.8 Å². The van der Waals surface area contributed by atoms with Crippen LogP contribution in [0.5, 0.6) is 5.75 Å². The summed E-state index contributed by atoms with van der Waals surface area (Å²) in [4.78, 5) is 0. The van der Waals surface area contributed by atoms with Crippen LogP contribution in [-0.4, -0.2) is 14.8 Å². The Bertz CT molecular complexity index is 848. The minimum absolute atomic E-state index is 0.177. The van der Waals surface area contributed by atoms with Crippen LogP contribution in [0, 0.1) is 6.92 Å². The van der Waals surface area contributed by atoms with Crippen molar-refractivity contribution in [3.05, 3.63) is 70.5 Å². The highest BCUT2D eigenvalue weighted by molar-refractivity contribution is 7.98. The molecule has 0 saturated heterocycles. The van der Waals surface area contributed by atoms with Crippen molar-refractivity contribution in [2.75, 3.05) is 0 Å². The molecule has 0 aliphatic carbocycles. The highest BCUT2D eigenvalue weighted by atomic mass is 35.5. The molecule has 0 aliphatic heterocycles. The smallest absolute Gasteiger partial charge is 0.191 e. The van der Waals surface area contributed by atoms with Gasteiger partial charge in [0.25, 0.3) is 0 Å². The number of nitrogens with zero attached hydrogens (tertiary/aromatic N) is 3. The van der Waals surface area contributed by atoms with E-state index in [9.17, 15) is 0 Å². The molecule has 0 fully saturated rings. The summed E-state index contributed by atoms with van der Waals surface area (Å²) >= 11 is 7.56. The molecule has 130 valence electrons. The van der Waals surface area contributed by atoms with E-state index in [1.807, 2.05) is 74.0 Å². The summed E-state index contributed by atoms with van der Waals surface area (Å²) in [6.45, 7) is 4.03. The zero-order chi connectivity index (χ0) is 17.8. The first-order valence-corrected chi connectivity index (χ1v) is 9.39. The van der Waals surface area contributed by atoms with Crippen LogP contribution in [0.15, 0.2) is 53.7 Å². The van der Waals surface area contributed by atoms with Crippen LogP contribution in [0.4, 0.5) is 0 Å². The maximum atomic E-state index is 6.00. The van der Waals surface area contributed by atoms with Crippen molar-refractivity contribution in [2.45, 2.75) is 30.9 Å². The molecule has 1 atom stereocenters. The van der Waals surface area contributed by atoms with Crippen molar-refractivity contribution >= 4 is 23.4 Å². The second kappa shape index (κ2) is 7.93. The molecular formula is C19H20ClN3OS. The third-order valence-electron chi connectivity index (χ3n) is 3.82. The predicted octanol–water partition coefficient (Wildman–Crippen LogP) is 5.21. The van der Waals surface area contributed by atoms with Crippen molar-refractivity contribution in [2.24, 2.45) is 7.05 Å². The number of hydrogen-bond donors (Lipinski definition) is 0. The lowest BCUT2D eigenvalue weighted by atomic mass is 10.2. The molecule has 0 N–H and O–H groups in total. The van der Waals surface area contributed by atoms with Gasteiger partial charge >= 0.3 is 0 Å². The fourth-order valence-electron chi connectivity index (χ4n) is 2.48. The van der Waals surface area contributed by atoms with Gasteiger partial charge in [0.05, 0.1) is 0 Å². The Morgan fingerprint density at radius 1 is 1.16 bits per heavy atom. The number of aryl methyl sites for hydroxylation is 1. The van der Waals surface area contributed by atoms with Crippen molar-refractivity contribution in [3.63, 3.8) is 0 Å². The van der Waals surface area contributed by atoms with Gasteiger partial charge in [-0.1, -0.05) is 47.6 Å². The maximum absolute atomic E-state index is 6.00. The molecule has 1 heterocycles. The molecule has 0 radical (unpaired) electrons. The Kier molecular flexibility index (Phi) is 5.66. The zero-order valence-corrected chi connectivity index (χ0v) is 16.0. The monoisotopic (exact) mass is 373 g/mol. The van der Waals surface area contributed by atoms with E-state index in [0.29, 0.717) is 0 Å². The van der Waals surface area contributed by atoms with Crippen LogP contribution < -0.4 is 4.74 Å². The van der Waals surface area contributed by atoms with Gasteiger partial charge in [-0.3, -0.25) is 0 Å². The van der Waals surface area contributed by atoms with Gasteiger partial charge in [0.1, 0.15) is 5.75 Å². The summed E-state index contributed by atoms with van der Waals surface area (Å²) in [5.41, 5.74) is 2.37. The molecule has 25 heavy (non-hydrogen) atoms. The first-order valence-electron chi connectivity index (χ1n) is 8.03. The van der Waals surface area contributed by atoms with E-state index in [-0.39, 0.29) is 6.10 Å². The summed E-state index contributed by atoms with van der Waals surface area (Å²) in [6.07, 6.45) is -0.177. The third kappa shape index (κ3) is 4.55. The molecule has 0 saturated carbocycles. The topological polar surface area (TPSA) is 39.9 Å². The van der Waals surface area contributed by atoms with E-state index in [1.54, 1.807) is 11.8 Å². The van der Waals surface area contributed by atoms with E-state index in [4.69, 9.17) is 16.3 Å². The number of thioether (sulfide) groups is 1. The minimum atomic E-state index is -0.177. The molecule has 6 heteroatoms. The lowest BCUT2D eigenvalue weighted by Gasteiger charge is -2.14. The number of hydrogen-bond acceptors (Lipinski definition) is 4. The predicted molar refractivity (Wildman–Crippen MR) is 102 cm³/mol. The van der Waals surface area contributed by atoms with Gasteiger partial charge in [0.15, 0.2) is 17.1 Å². The second-order valence-electron chi connectivity index (χ2n) is 5.89. The van der Waals surface area contributed by atoms with Crippen molar-refractivity contribution < 1.29 is 4.74 Å². The lowest BCUT2D eigenvalue weighted by molar-refractivity contribution is 0.211. The molecule has 0 bridgehead atoms. The molecular weight excluding hydrogens is 354 g/mol. The van der Waals surface area contributed by atoms with Gasteiger partial charge in [-0.25, -0.2) is 0 Å². The van der Waals surface area contributed by atoms with E-state index in [0.717, 1.165) is 27.5 Å². The highest BCUT2D eigenvalue weighted by Gasteiger charge is 2.17. The first kappa shape index (κ1) is 17.8. The van der Waals surface area contributed by atoms with Gasteiger partial charge in [-0.05, 0) is 49.2 Å². The normalized spacial score (nSPS) is 12.2. The zero-order valence-electron chi connectivity index (χ0n) is 14.4. The molecule has 1 aromatic heterocycles. The standard InChI is InChI=1S/C19H20ClN3OS/c1-13-5-4-6-17(11-13)24-14(2)18-21-22-19(23(18)3)25-12-15-7-9-16(20)10-8-15/h4-11,14H,12H2,1-3H3. The Morgan fingerprint density at radius 3 is 2.64 bits per heavy atom. The maximum Gasteiger partial charge on any atom is 0.191 e. The van der Waals surface area contributed by atoms with Crippen LogP contribution in [0.2, 0.25) is 5.02 Å². The van der Waals surface area contributed by atoms with Crippen LogP contribution in [0.25, 0.3) is 0 Å². The summed E-state index contributed by atoms with van der Waals surface area (Å²) in [6, 6.07) is 15.9. The largest absolute Gasteiger partial charge is 0.483 e. The van der Waals surface area contributed by atoms with Crippen LogP contribution in [0.1, 0.15) is 30.0 Å². The van der Waals surface area contributed by atoms with E-state index >= 15 is 0 Å². The van der Waals surface area contributed by atoms with Crippen molar-refractivity contribution in [1.29, 1.82) is 0 Å². The average Bonchev–Trinajstić information content (AvgIpc) is 2.95.